The largest absolute Gasteiger partial charge is 0.493 e. The van der Waals surface area contributed by atoms with Crippen LogP contribution in [0, 0.1) is 0 Å². The molecule has 5 heteroatoms. The summed E-state index contributed by atoms with van der Waals surface area (Å²) in [6, 6.07) is 14.1. The summed E-state index contributed by atoms with van der Waals surface area (Å²) in [7, 11) is 3.27. The van der Waals surface area contributed by atoms with E-state index in [0.29, 0.717) is 11.5 Å². The van der Waals surface area contributed by atoms with Gasteiger partial charge in [-0.25, -0.2) is 4.98 Å². The molecule has 0 amide bonds. The molecule has 0 spiro atoms. The predicted octanol–water partition coefficient (Wildman–Crippen LogP) is 3.51. The SMILES string of the molecule is CCC(N)c1nc2cc(OC)c(OC)cc2n1Cc1ccccc1. The highest BCUT2D eigenvalue weighted by Gasteiger charge is 2.18. The fourth-order valence-electron chi connectivity index (χ4n) is 2.87. The Morgan fingerprint density at radius 2 is 1.75 bits per heavy atom. The van der Waals surface area contributed by atoms with Gasteiger partial charge in [0.05, 0.1) is 31.3 Å². The number of rotatable bonds is 6. The van der Waals surface area contributed by atoms with Crippen LogP contribution in [-0.2, 0) is 6.54 Å². The number of methoxy groups -OCH3 is 2. The van der Waals surface area contributed by atoms with E-state index in [4.69, 9.17) is 20.2 Å². The maximum atomic E-state index is 6.31. The standard InChI is InChI=1S/C19H23N3O2/c1-4-14(20)19-21-15-10-17(23-2)18(24-3)11-16(15)22(19)12-13-8-6-5-7-9-13/h5-11,14H,4,12,20H2,1-3H3. The van der Waals surface area contributed by atoms with Crippen LogP contribution in [0.4, 0.5) is 0 Å². The van der Waals surface area contributed by atoms with Crippen LogP contribution in [0.2, 0.25) is 0 Å². The molecule has 126 valence electrons. The van der Waals surface area contributed by atoms with Gasteiger partial charge in [-0.2, -0.15) is 0 Å². The van der Waals surface area contributed by atoms with Gasteiger partial charge in [0, 0.05) is 18.7 Å². The minimum atomic E-state index is -0.113. The minimum Gasteiger partial charge on any atom is -0.493 e. The Hall–Kier alpha value is -2.53. The van der Waals surface area contributed by atoms with Crippen LogP contribution >= 0.6 is 0 Å². The van der Waals surface area contributed by atoms with E-state index in [9.17, 15) is 0 Å². The van der Waals surface area contributed by atoms with Crippen LogP contribution in [0.15, 0.2) is 42.5 Å². The quantitative estimate of drug-likeness (QED) is 0.753. The zero-order chi connectivity index (χ0) is 17.1. The molecule has 5 nitrogen and oxygen atoms in total. The fraction of sp³-hybridized carbons (Fsp3) is 0.316. The number of ether oxygens (including phenoxy) is 2. The summed E-state index contributed by atoms with van der Waals surface area (Å²) in [6.45, 7) is 2.79. The van der Waals surface area contributed by atoms with E-state index in [1.54, 1.807) is 14.2 Å². The van der Waals surface area contributed by atoms with Crippen molar-refractivity contribution in [1.29, 1.82) is 0 Å². The first-order valence-electron chi connectivity index (χ1n) is 8.09. The summed E-state index contributed by atoms with van der Waals surface area (Å²) in [6.07, 6.45) is 0.826. The molecule has 2 aromatic carbocycles. The van der Waals surface area contributed by atoms with E-state index in [1.807, 2.05) is 30.3 Å². The Morgan fingerprint density at radius 3 is 2.38 bits per heavy atom. The Kier molecular flexibility index (Phi) is 4.71. The molecule has 1 aromatic heterocycles. The molecule has 1 atom stereocenters. The summed E-state index contributed by atoms with van der Waals surface area (Å²) < 4.78 is 13.0. The van der Waals surface area contributed by atoms with Crippen molar-refractivity contribution in [2.45, 2.75) is 25.9 Å². The fourth-order valence-corrected chi connectivity index (χ4v) is 2.87. The maximum Gasteiger partial charge on any atom is 0.163 e. The number of nitrogens with two attached hydrogens (primary N) is 1. The van der Waals surface area contributed by atoms with Crippen LogP contribution in [0.5, 0.6) is 11.5 Å². The highest BCUT2D eigenvalue weighted by atomic mass is 16.5. The zero-order valence-corrected chi connectivity index (χ0v) is 14.3. The molecule has 0 fully saturated rings. The van der Waals surface area contributed by atoms with Gasteiger partial charge in [-0.15, -0.1) is 0 Å². The Balaban J connectivity index is 2.18. The summed E-state index contributed by atoms with van der Waals surface area (Å²) in [5, 5.41) is 0. The van der Waals surface area contributed by atoms with Crippen LogP contribution < -0.4 is 15.2 Å². The van der Waals surface area contributed by atoms with Gasteiger partial charge in [0.2, 0.25) is 0 Å². The molecule has 0 aliphatic carbocycles. The number of fused-ring (bicyclic) bond motifs is 1. The highest BCUT2D eigenvalue weighted by molar-refractivity contribution is 5.81. The molecule has 0 saturated carbocycles. The number of imidazole rings is 1. The van der Waals surface area contributed by atoms with E-state index in [-0.39, 0.29) is 6.04 Å². The first-order valence-corrected chi connectivity index (χ1v) is 8.09. The van der Waals surface area contributed by atoms with Gasteiger partial charge in [0.15, 0.2) is 11.5 Å². The average molecular weight is 325 g/mol. The average Bonchev–Trinajstić information content (AvgIpc) is 2.98. The van der Waals surface area contributed by atoms with E-state index in [1.165, 1.54) is 5.56 Å². The van der Waals surface area contributed by atoms with Crippen LogP contribution in [0.1, 0.15) is 30.8 Å². The third kappa shape index (κ3) is 2.95. The molecule has 0 aliphatic heterocycles. The number of hydrogen-bond donors (Lipinski definition) is 1. The highest BCUT2D eigenvalue weighted by Crippen LogP contribution is 2.33. The van der Waals surface area contributed by atoms with Gasteiger partial charge in [0.1, 0.15) is 5.82 Å². The number of benzene rings is 2. The third-order valence-corrected chi connectivity index (χ3v) is 4.24. The van der Waals surface area contributed by atoms with Crippen LogP contribution in [-0.4, -0.2) is 23.8 Å². The van der Waals surface area contributed by atoms with Gasteiger partial charge in [0.25, 0.3) is 0 Å². The normalized spacial score (nSPS) is 12.3. The summed E-state index contributed by atoms with van der Waals surface area (Å²) in [5.41, 5.74) is 9.37. The van der Waals surface area contributed by atoms with Gasteiger partial charge < -0.3 is 19.8 Å². The first kappa shape index (κ1) is 16.3. The smallest absolute Gasteiger partial charge is 0.163 e. The number of aromatic nitrogens is 2. The van der Waals surface area contributed by atoms with Gasteiger partial charge in [-0.1, -0.05) is 37.3 Å². The van der Waals surface area contributed by atoms with Crippen molar-refractivity contribution >= 4 is 11.0 Å². The summed E-state index contributed by atoms with van der Waals surface area (Å²) >= 11 is 0. The number of hydrogen-bond acceptors (Lipinski definition) is 4. The molecule has 1 heterocycles. The molecule has 3 rings (SSSR count). The van der Waals surface area contributed by atoms with Crippen LogP contribution in [0.25, 0.3) is 11.0 Å². The van der Waals surface area contributed by atoms with E-state index < -0.39 is 0 Å². The lowest BCUT2D eigenvalue weighted by Gasteiger charge is -2.14. The molecule has 0 saturated heterocycles. The second-order valence-corrected chi connectivity index (χ2v) is 5.75. The predicted molar refractivity (Wildman–Crippen MR) is 95.6 cm³/mol. The molecular formula is C19H23N3O2. The third-order valence-electron chi connectivity index (χ3n) is 4.24. The topological polar surface area (TPSA) is 62.3 Å². The summed E-state index contributed by atoms with van der Waals surface area (Å²) in [5.74, 6) is 2.24. The van der Waals surface area contributed by atoms with Crippen LogP contribution in [0.3, 0.4) is 0 Å². The van der Waals surface area contributed by atoms with E-state index in [2.05, 4.69) is 23.6 Å². The molecule has 0 bridgehead atoms. The van der Waals surface area contributed by atoms with Crippen molar-refractivity contribution in [2.75, 3.05) is 14.2 Å². The molecule has 0 radical (unpaired) electrons. The van der Waals surface area contributed by atoms with Gasteiger partial charge >= 0.3 is 0 Å². The molecule has 3 aromatic rings. The Bertz CT molecular complexity index is 827. The van der Waals surface area contributed by atoms with Crippen molar-refractivity contribution in [1.82, 2.24) is 9.55 Å². The number of nitrogens with zero attached hydrogens (tertiary/aromatic N) is 2. The van der Waals surface area contributed by atoms with Gasteiger partial charge in [-0.3, -0.25) is 0 Å². The Morgan fingerprint density at radius 1 is 1.08 bits per heavy atom. The first-order chi connectivity index (χ1) is 11.7. The molecule has 2 N–H and O–H groups in total. The second-order valence-electron chi connectivity index (χ2n) is 5.75. The van der Waals surface area contributed by atoms with Gasteiger partial charge in [-0.05, 0) is 12.0 Å². The minimum absolute atomic E-state index is 0.113. The Labute approximate surface area is 142 Å². The lowest BCUT2D eigenvalue weighted by Crippen LogP contribution is -2.16. The molecular weight excluding hydrogens is 302 g/mol. The maximum absolute atomic E-state index is 6.31. The van der Waals surface area contributed by atoms with Crippen molar-refractivity contribution < 1.29 is 9.47 Å². The lowest BCUT2D eigenvalue weighted by molar-refractivity contribution is 0.355. The van der Waals surface area contributed by atoms with Crippen molar-refractivity contribution in [2.24, 2.45) is 5.73 Å². The summed E-state index contributed by atoms with van der Waals surface area (Å²) in [4.78, 5) is 4.77. The van der Waals surface area contributed by atoms with Crippen molar-refractivity contribution in [3.8, 4) is 11.5 Å². The van der Waals surface area contributed by atoms with Crippen molar-refractivity contribution in [3.05, 3.63) is 53.9 Å². The second kappa shape index (κ2) is 6.93. The van der Waals surface area contributed by atoms with Crippen molar-refractivity contribution in [3.63, 3.8) is 0 Å². The lowest BCUT2D eigenvalue weighted by atomic mass is 10.2. The molecule has 1 unspecified atom stereocenters. The molecule has 0 aliphatic rings. The zero-order valence-electron chi connectivity index (χ0n) is 14.3. The van der Waals surface area contributed by atoms with E-state index >= 15 is 0 Å². The molecule has 24 heavy (non-hydrogen) atoms. The monoisotopic (exact) mass is 325 g/mol. The van der Waals surface area contributed by atoms with E-state index in [0.717, 1.165) is 29.8 Å².